The van der Waals surface area contributed by atoms with E-state index < -0.39 is 127 Å². The molecule has 23 heteroatoms. The number of rotatable bonds is 31. The van der Waals surface area contributed by atoms with Crippen LogP contribution in [0.5, 0.6) is 5.75 Å². The third-order valence-corrected chi connectivity index (χ3v) is 11.3. The van der Waals surface area contributed by atoms with Gasteiger partial charge in [-0.25, -0.2) is 4.39 Å². The van der Waals surface area contributed by atoms with Crippen molar-refractivity contribution < 1.29 is 57.4 Å². The number of carbonyl (C=O) groups excluding carboxylic acids is 10. The van der Waals surface area contributed by atoms with Gasteiger partial charge in [0.25, 0.3) is 0 Å². The SMILES string of the molecule is CC[C@H](C)[C@H](NC(=O)[C@H](Cc1ccc(O)cc1)NC(=O)CCCS)C(=O)N[C@@H](CCC(N)=O)C(=O)N[C@@H](CC(N)=O)C(=O)N[C@@H](CS)C(=O)N(CC(=O)N[C@H]([C]=O)CC(C)C)Cc1ccc(F)cc1. The molecule has 0 aliphatic carbocycles. The Morgan fingerprint density at radius 3 is 1.84 bits per heavy atom. The Morgan fingerprint density at radius 2 is 1.29 bits per heavy atom. The van der Waals surface area contributed by atoms with Gasteiger partial charge in [-0.2, -0.15) is 25.3 Å². The van der Waals surface area contributed by atoms with Crippen molar-refractivity contribution in [3.05, 3.63) is 65.5 Å². The van der Waals surface area contributed by atoms with E-state index in [9.17, 15) is 57.4 Å². The number of nitrogens with zero attached hydrogens (tertiary/aromatic N) is 1. The van der Waals surface area contributed by atoms with Gasteiger partial charge >= 0.3 is 0 Å². The average molecular weight is 1000 g/mol. The summed E-state index contributed by atoms with van der Waals surface area (Å²) in [7, 11) is 0. The van der Waals surface area contributed by atoms with Crippen LogP contribution in [0.25, 0.3) is 0 Å². The molecule has 9 amide bonds. The molecule has 379 valence electrons. The number of thiol groups is 2. The molecule has 2 aromatic rings. The third kappa shape index (κ3) is 21.7. The number of carbonyl (C=O) groups is 9. The van der Waals surface area contributed by atoms with Crippen LogP contribution in [0.15, 0.2) is 48.5 Å². The Morgan fingerprint density at radius 1 is 0.710 bits per heavy atom. The van der Waals surface area contributed by atoms with Crippen LogP contribution in [0.2, 0.25) is 0 Å². The monoisotopic (exact) mass is 1000 g/mol. The molecule has 2 aromatic carbocycles. The highest BCUT2D eigenvalue weighted by Gasteiger charge is 2.36. The van der Waals surface area contributed by atoms with Crippen LogP contribution in [-0.4, -0.2) is 124 Å². The molecule has 11 N–H and O–H groups in total. The van der Waals surface area contributed by atoms with Crippen molar-refractivity contribution in [1.82, 2.24) is 36.8 Å². The number of benzene rings is 2. The zero-order valence-corrected chi connectivity index (χ0v) is 40.9. The summed E-state index contributed by atoms with van der Waals surface area (Å²) in [6, 6.07) is 2.54. The van der Waals surface area contributed by atoms with E-state index in [1.165, 1.54) is 24.3 Å². The number of phenols is 1. The zero-order chi connectivity index (χ0) is 51.8. The Hall–Kier alpha value is -6.23. The molecule has 0 saturated carbocycles. The van der Waals surface area contributed by atoms with Crippen molar-refractivity contribution in [2.75, 3.05) is 18.1 Å². The Bertz CT molecular complexity index is 2080. The Labute approximate surface area is 412 Å². The topological polar surface area (TPSA) is 318 Å². The van der Waals surface area contributed by atoms with Gasteiger partial charge in [0, 0.05) is 31.6 Å². The first-order chi connectivity index (χ1) is 32.6. The van der Waals surface area contributed by atoms with Gasteiger partial charge in [-0.1, -0.05) is 58.4 Å². The van der Waals surface area contributed by atoms with E-state index in [0.29, 0.717) is 29.7 Å². The molecule has 0 bridgehead atoms. The van der Waals surface area contributed by atoms with E-state index >= 15 is 0 Å². The summed E-state index contributed by atoms with van der Waals surface area (Å²) < 4.78 is 13.8. The molecule has 0 spiro atoms. The molecule has 1 radical (unpaired) electrons. The van der Waals surface area contributed by atoms with Crippen molar-refractivity contribution in [1.29, 1.82) is 0 Å². The van der Waals surface area contributed by atoms with Crippen LogP contribution in [0.3, 0.4) is 0 Å². The second-order valence-corrected chi connectivity index (χ2v) is 17.7. The fourth-order valence-electron chi connectivity index (χ4n) is 6.76. The maximum absolute atomic E-state index is 14.1. The molecule has 2 rings (SSSR count). The predicted octanol–water partition coefficient (Wildman–Crippen LogP) is -0.00600. The highest BCUT2D eigenvalue weighted by molar-refractivity contribution is 7.80. The maximum atomic E-state index is 14.1. The molecule has 20 nitrogen and oxygen atoms in total. The van der Waals surface area contributed by atoms with Crippen molar-refractivity contribution in [3.8, 4) is 5.75 Å². The van der Waals surface area contributed by atoms with Gasteiger partial charge < -0.3 is 53.4 Å². The van der Waals surface area contributed by atoms with Gasteiger partial charge in [-0.3, -0.25) is 47.9 Å². The van der Waals surface area contributed by atoms with Crippen molar-refractivity contribution in [2.24, 2.45) is 23.3 Å². The quantitative estimate of drug-likeness (QED) is 0.0447. The van der Waals surface area contributed by atoms with Gasteiger partial charge in [-0.15, -0.1) is 0 Å². The minimum absolute atomic E-state index is 0.00665. The summed E-state index contributed by atoms with van der Waals surface area (Å²) in [5.74, 6) is -8.98. The lowest BCUT2D eigenvalue weighted by Gasteiger charge is -2.30. The average Bonchev–Trinajstić information content (AvgIpc) is 3.29. The van der Waals surface area contributed by atoms with Gasteiger partial charge in [0.1, 0.15) is 41.8 Å². The number of halogens is 1. The van der Waals surface area contributed by atoms with Crippen molar-refractivity contribution in [2.45, 2.75) is 122 Å². The second kappa shape index (κ2) is 30.3. The first kappa shape index (κ1) is 58.9. The third-order valence-electron chi connectivity index (χ3n) is 10.6. The fourth-order valence-corrected chi connectivity index (χ4v) is 7.17. The Kier molecular flexibility index (Phi) is 25.9. The van der Waals surface area contributed by atoms with Crippen LogP contribution in [-0.2, 0) is 60.9 Å². The number of phenolic OH excluding ortho intramolecular Hbond substituents is 1. The maximum Gasteiger partial charge on any atom is 0.246 e. The van der Waals surface area contributed by atoms with E-state index in [4.69, 9.17) is 11.5 Å². The van der Waals surface area contributed by atoms with Crippen molar-refractivity contribution in [3.63, 3.8) is 0 Å². The lowest BCUT2D eigenvalue weighted by atomic mass is 9.96. The van der Waals surface area contributed by atoms with Crippen LogP contribution in [0.1, 0.15) is 83.8 Å². The number of nitrogens with two attached hydrogens (primary N) is 2. The zero-order valence-electron chi connectivity index (χ0n) is 39.1. The van der Waals surface area contributed by atoms with Gasteiger partial charge in [-0.05, 0) is 72.2 Å². The summed E-state index contributed by atoms with van der Waals surface area (Å²) in [5.41, 5.74) is 11.8. The number of aromatic hydroxyl groups is 1. The number of hydrogen-bond acceptors (Lipinski definition) is 13. The van der Waals surface area contributed by atoms with E-state index in [1.807, 2.05) is 13.8 Å². The summed E-state index contributed by atoms with van der Waals surface area (Å²) in [6.07, 6.45) is 1.11. The van der Waals surface area contributed by atoms with E-state index in [2.05, 4.69) is 57.2 Å². The fraction of sp³-hybridized carbons (Fsp3) is 0.522. The highest BCUT2D eigenvalue weighted by atomic mass is 32.1. The predicted molar refractivity (Wildman–Crippen MR) is 259 cm³/mol. The van der Waals surface area contributed by atoms with Crippen LogP contribution < -0.4 is 43.4 Å². The highest BCUT2D eigenvalue weighted by Crippen LogP contribution is 2.15. The molecule has 0 aliphatic heterocycles. The van der Waals surface area contributed by atoms with Gasteiger partial charge in [0.2, 0.25) is 59.5 Å². The van der Waals surface area contributed by atoms with E-state index in [-0.39, 0.29) is 43.2 Å². The van der Waals surface area contributed by atoms with Gasteiger partial charge in [0.05, 0.1) is 19.0 Å². The first-order valence-electron chi connectivity index (χ1n) is 22.4. The molecule has 0 aromatic heterocycles. The minimum atomic E-state index is -1.79. The number of primary amides is 2. The largest absolute Gasteiger partial charge is 0.508 e. The molecule has 0 unspecified atom stereocenters. The molecule has 69 heavy (non-hydrogen) atoms. The minimum Gasteiger partial charge on any atom is -0.508 e. The lowest BCUT2D eigenvalue weighted by Crippen LogP contribution is -2.61. The second-order valence-electron chi connectivity index (χ2n) is 16.9. The summed E-state index contributed by atoms with van der Waals surface area (Å²) in [6.45, 7) is 6.15. The summed E-state index contributed by atoms with van der Waals surface area (Å²) in [4.78, 5) is 133. The smallest absolute Gasteiger partial charge is 0.246 e. The molecule has 0 aliphatic rings. The van der Waals surface area contributed by atoms with Crippen LogP contribution >= 0.6 is 25.3 Å². The number of hydrogen-bond donors (Lipinski definition) is 11. The first-order valence-corrected chi connectivity index (χ1v) is 23.6. The molecule has 7 atom stereocenters. The van der Waals surface area contributed by atoms with E-state index in [1.54, 1.807) is 32.3 Å². The normalized spacial score (nSPS) is 14.0. The lowest BCUT2D eigenvalue weighted by molar-refractivity contribution is -0.140. The number of nitrogens with one attached hydrogen (secondary N) is 6. The molecule has 0 heterocycles. The molecule has 0 saturated heterocycles. The Balaban J connectivity index is 2.41. The molecule has 0 fully saturated rings. The van der Waals surface area contributed by atoms with E-state index in [0.717, 1.165) is 17.0 Å². The standard InChI is InChI=1S/C46H65FN9O11S2/c1-5-27(4)41(55-44(65)34(51-39(61)7-6-18-68)20-28-10-14-32(58)15-11-28)45(66)52-33(16-17-37(48)59)42(63)53-35(21-38(49)60)43(64)54-36(25-69)46(67)56(22-29-8-12-30(47)13-9-29)23-40(62)50-31(24-57)19-26(2)3/h8-15,26-27,31,33-36,41,58,68-69H,5-7,16-23,25H2,1-4H3,(H2,48,59)(H2,49,60)(H,50,62)(H,51,61)(H,52,66)(H,53,63)(H,54,64)(H,55,65)/t27-,31-,33-,34-,35-,36-,41-/m0/s1. The van der Waals surface area contributed by atoms with Crippen LogP contribution in [0, 0.1) is 17.7 Å². The molecular formula is C46H65FN9O11S2. The summed E-state index contributed by atoms with van der Waals surface area (Å²) >= 11 is 8.36. The van der Waals surface area contributed by atoms with Crippen molar-refractivity contribution >= 4 is 84.7 Å². The van der Waals surface area contributed by atoms with Gasteiger partial charge in [0.15, 0.2) is 0 Å². The number of amides is 9. The summed E-state index contributed by atoms with van der Waals surface area (Å²) in [5, 5.41) is 24.9. The van der Waals surface area contributed by atoms with Crippen LogP contribution in [0.4, 0.5) is 4.39 Å². The molecular weight excluding hydrogens is 938 g/mol.